The highest BCUT2D eigenvalue weighted by molar-refractivity contribution is 7.64. The van der Waals surface area contributed by atoms with Crippen molar-refractivity contribution >= 4 is 35.8 Å². The average Bonchev–Trinajstić information content (AvgIpc) is 1.97. The molecule has 0 unspecified atom stereocenters. The Kier molecular flexibility index (Phi) is 5.96. The lowest BCUT2D eigenvalue weighted by molar-refractivity contribution is 1.57. The molecule has 1 nitrogen and oxygen atoms in total. The summed E-state index contributed by atoms with van der Waals surface area (Å²) in [6, 6.07) is 7.19. The third kappa shape index (κ3) is 4.86. The molecule has 4 heteroatoms. The monoisotopic (exact) mass is 204 g/mol. The summed E-state index contributed by atoms with van der Waals surface area (Å²) in [5, 5.41) is 9.68. The van der Waals surface area contributed by atoms with E-state index in [1.54, 1.807) is 12.1 Å². The Labute approximate surface area is 81.0 Å². The zero-order valence-electron chi connectivity index (χ0n) is 5.42. The second-order valence-corrected chi connectivity index (χ2v) is 2.50. The molecule has 0 aromatic heterocycles. The molecular weight excluding hydrogens is 201 g/mol. The van der Waals surface area contributed by atoms with Crippen molar-refractivity contribution in [1.82, 2.24) is 0 Å². The van der Waals surface area contributed by atoms with Crippen molar-refractivity contribution in [3.05, 3.63) is 34.3 Å². The van der Waals surface area contributed by atoms with Gasteiger partial charge in [-0.05, 0) is 12.1 Å². The quantitative estimate of drug-likeness (QED) is 0.480. The van der Waals surface area contributed by atoms with Crippen molar-refractivity contribution in [3.8, 4) is 5.40 Å². The largest absolute Gasteiger partial charge is 0.696 e. The van der Waals surface area contributed by atoms with E-state index in [0.717, 1.165) is 0 Å². The Morgan fingerprint density at radius 3 is 1.64 bits per heavy atom. The Hall–Kier alpha value is -0.490. The topological polar surface area (TPSA) is 23.8 Å². The second kappa shape index (κ2) is 6.23. The van der Waals surface area contributed by atoms with Crippen LogP contribution >= 0.6 is 23.2 Å². The van der Waals surface area contributed by atoms with Gasteiger partial charge in [-0.2, -0.15) is 0 Å². The Bertz CT molecular complexity index is 236. The first kappa shape index (κ1) is 10.5. The molecule has 0 fully saturated rings. The number of hydrogen-bond donors (Lipinski definition) is 0. The zero-order chi connectivity index (χ0) is 8.69. The molecular formula is C7H4Cl2NS-. The van der Waals surface area contributed by atoms with Gasteiger partial charge in [0.1, 0.15) is 0 Å². The lowest BCUT2D eigenvalue weighted by Gasteiger charge is -1.88. The van der Waals surface area contributed by atoms with Gasteiger partial charge in [0.25, 0.3) is 0 Å². The molecule has 0 amide bonds. The fourth-order valence-corrected chi connectivity index (χ4v) is 0.711. The Morgan fingerprint density at radius 1 is 1.18 bits per heavy atom. The van der Waals surface area contributed by atoms with Crippen molar-refractivity contribution in [2.24, 2.45) is 0 Å². The first-order valence-corrected chi connectivity index (χ1v) is 3.80. The number of nitriles is 1. The van der Waals surface area contributed by atoms with E-state index in [-0.39, 0.29) is 0 Å². The molecule has 0 radical (unpaired) electrons. The third-order valence-electron chi connectivity index (χ3n) is 0.824. The van der Waals surface area contributed by atoms with Gasteiger partial charge >= 0.3 is 0 Å². The van der Waals surface area contributed by atoms with Crippen LogP contribution in [-0.2, 0) is 12.6 Å². The highest BCUT2D eigenvalue weighted by atomic mass is 35.5. The van der Waals surface area contributed by atoms with Gasteiger partial charge in [0, 0.05) is 0 Å². The van der Waals surface area contributed by atoms with Crippen LogP contribution in [0.3, 0.4) is 0 Å². The second-order valence-electron chi connectivity index (χ2n) is 1.51. The lowest BCUT2D eigenvalue weighted by atomic mass is 10.4. The van der Waals surface area contributed by atoms with Crippen LogP contribution in [-0.4, -0.2) is 0 Å². The van der Waals surface area contributed by atoms with Gasteiger partial charge in [0.2, 0.25) is 0 Å². The maximum absolute atomic E-state index is 7.13. The summed E-state index contributed by atoms with van der Waals surface area (Å²) in [6.45, 7) is 0. The minimum atomic E-state index is 0.606. The summed E-state index contributed by atoms with van der Waals surface area (Å²) in [4.78, 5) is 0. The standard InChI is InChI=1S/C6H4Cl2.CHNS/c7-5-3-1-2-4-6(5)8;2-1-3/h1-4H;3H/p-1. The first-order chi connectivity index (χ1) is 5.22. The van der Waals surface area contributed by atoms with Crippen LogP contribution in [0.2, 0.25) is 10.0 Å². The highest BCUT2D eigenvalue weighted by Crippen LogP contribution is 2.19. The van der Waals surface area contributed by atoms with Crippen molar-refractivity contribution in [1.29, 1.82) is 5.26 Å². The van der Waals surface area contributed by atoms with Gasteiger partial charge in [0.05, 0.1) is 10.0 Å². The molecule has 1 aromatic carbocycles. The molecule has 11 heavy (non-hydrogen) atoms. The molecule has 0 spiro atoms. The normalized spacial score (nSPS) is 7.36. The van der Waals surface area contributed by atoms with E-state index in [1.165, 1.54) is 5.40 Å². The van der Waals surface area contributed by atoms with Crippen LogP contribution in [0.1, 0.15) is 0 Å². The smallest absolute Gasteiger partial charge is 0.0592 e. The van der Waals surface area contributed by atoms with Gasteiger partial charge in [0.15, 0.2) is 0 Å². The number of rotatable bonds is 0. The number of halogens is 2. The maximum Gasteiger partial charge on any atom is 0.0592 e. The first-order valence-electron chi connectivity index (χ1n) is 2.63. The van der Waals surface area contributed by atoms with E-state index < -0.39 is 0 Å². The molecule has 1 rings (SSSR count). The summed E-state index contributed by atoms with van der Waals surface area (Å²) in [5.41, 5.74) is 0. The summed E-state index contributed by atoms with van der Waals surface area (Å²) in [7, 11) is 0. The van der Waals surface area contributed by atoms with Crippen molar-refractivity contribution in [3.63, 3.8) is 0 Å². The van der Waals surface area contributed by atoms with Crippen LogP contribution in [0.25, 0.3) is 0 Å². The third-order valence-corrected chi connectivity index (χ3v) is 1.58. The molecule has 0 bridgehead atoms. The van der Waals surface area contributed by atoms with E-state index in [1.807, 2.05) is 12.1 Å². The lowest BCUT2D eigenvalue weighted by Crippen LogP contribution is -1.62. The van der Waals surface area contributed by atoms with E-state index in [2.05, 4.69) is 12.6 Å². The fraction of sp³-hybridized carbons (Fsp3) is 0. The van der Waals surface area contributed by atoms with Gasteiger partial charge in [-0.15, -0.1) is 0 Å². The Morgan fingerprint density at radius 2 is 1.45 bits per heavy atom. The Balaban J connectivity index is 0.000000292. The van der Waals surface area contributed by atoms with Crippen LogP contribution < -0.4 is 0 Å². The number of hydrogen-bond acceptors (Lipinski definition) is 2. The highest BCUT2D eigenvalue weighted by Gasteiger charge is 1.89. The molecule has 0 atom stereocenters. The SMILES string of the molecule is Clc1ccccc1Cl.N#C[S-]. The van der Waals surface area contributed by atoms with Crippen LogP contribution in [0, 0.1) is 10.7 Å². The van der Waals surface area contributed by atoms with Crippen molar-refractivity contribution in [2.75, 3.05) is 0 Å². The molecule has 1 aromatic rings. The van der Waals surface area contributed by atoms with Gasteiger partial charge in [-0.3, -0.25) is 0 Å². The van der Waals surface area contributed by atoms with Crippen LogP contribution in [0.15, 0.2) is 24.3 Å². The molecule has 0 aliphatic carbocycles. The predicted octanol–water partition coefficient (Wildman–Crippen LogP) is 3.01. The fourth-order valence-electron chi connectivity index (χ4n) is 0.439. The van der Waals surface area contributed by atoms with Gasteiger partial charge in [-0.25, -0.2) is 5.26 Å². The molecule has 0 saturated heterocycles. The minimum absolute atomic E-state index is 0.606. The van der Waals surface area contributed by atoms with Crippen LogP contribution in [0.4, 0.5) is 0 Å². The maximum atomic E-state index is 7.13. The number of benzene rings is 1. The van der Waals surface area contributed by atoms with Crippen LogP contribution in [0.5, 0.6) is 0 Å². The van der Waals surface area contributed by atoms with E-state index in [0.29, 0.717) is 10.0 Å². The molecule has 0 N–H and O–H groups in total. The molecule has 0 saturated carbocycles. The predicted molar refractivity (Wildman–Crippen MR) is 49.4 cm³/mol. The molecule has 0 heterocycles. The number of thiocyanates is 1. The summed E-state index contributed by atoms with van der Waals surface area (Å²) < 4.78 is 0. The zero-order valence-corrected chi connectivity index (χ0v) is 7.75. The average molecular weight is 205 g/mol. The molecule has 0 aliphatic heterocycles. The van der Waals surface area contributed by atoms with E-state index in [4.69, 9.17) is 28.5 Å². The van der Waals surface area contributed by atoms with Crippen molar-refractivity contribution < 1.29 is 0 Å². The summed E-state index contributed by atoms with van der Waals surface area (Å²) in [6.07, 6.45) is 0. The summed E-state index contributed by atoms with van der Waals surface area (Å²) >= 11 is 14.9. The van der Waals surface area contributed by atoms with Gasteiger partial charge in [-0.1, -0.05) is 40.7 Å². The van der Waals surface area contributed by atoms with E-state index >= 15 is 0 Å². The van der Waals surface area contributed by atoms with Gasteiger partial charge < -0.3 is 12.6 Å². The molecule has 0 aliphatic rings. The number of nitrogens with zero attached hydrogens (tertiary/aromatic N) is 1. The van der Waals surface area contributed by atoms with Crippen molar-refractivity contribution in [2.45, 2.75) is 0 Å². The molecule has 58 valence electrons. The minimum Gasteiger partial charge on any atom is -0.696 e. The van der Waals surface area contributed by atoms with E-state index in [9.17, 15) is 0 Å². The summed E-state index contributed by atoms with van der Waals surface area (Å²) in [5.74, 6) is 0.